The van der Waals surface area contributed by atoms with Gasteiger partial charge in [0.25, 0.3) is 11.2 Å². The first-order chi connectivity index (χ1) is 9.41. The molecule has 0 bridgehead atoms. The van der Waals surface area contributed by atoms with Gasteiger partial charge in [-0.1, -0.05) is 26.0 Å². The molecule has 20 heavy (non-hydrogen) atoms. The molecule has 104 valence electrons. The quantitative estimate of drug-likeness (QED) is 0.656. The fourth-order valence-corrected chi connectivity index (χ4v) is 2.02. The first kappa shape index (κ1) is 13.7. The number of nitrogens with one attached hydrogen (secondary N) is 1. The van der Waals surface area contributed by atoms with Crippen LogP contribution in [0.5, 0.6) is 0 Å². The van der Waals surface area contributed by atoms with E-state index in [1.54, 1.807) is 12.1 Å². The second-order valence-corrected chi connectivity index (χ2v) is 4.64. The molecule has 2 rings (SSSR count). The van der Waals surface area contributed by atoms with Crippen LogP contribution in [-0.4, -0.2) is 14.9 Å². The van der Waals surface area contributed by atoms with Gasteiger partial charge in [0.15, 0.2) is 0 Å². The third-order valence-electron chi connectivity index (χ3n) is 2.92. The number of H-pyrrole nitrogens is 1. The lowest BCUT2D eigenvalue weighted by molar-refractivity contribution is -0.384. The zero-order valence-corrected chi connectivity index (χ0v) is 11.1. The van der Waals surface area contributed by atoms with Crippen LogP contribution in [0.3, 0.4) is 0 Å². The maximum atomic E-state index is 12.0. The number of anilines is 1. The van der Waals surface area contributed by atoms with E-state index >= 15 is 0 Å². The summed E-state index contributed by atoms with van der Waals surface area (Å²) in [6.45, 7) is 3.65. The van der Waals surface area contributed by atoms with E-state index < -0.39 is 4.92 Å². The number of rotatable bonds is 3. The van der Waals surface area contributed by atoms with Crippen LogP contribution in [0.4, 0.5) is 11.5 Å². The zero-order valence-electron chi connectivity index (χ0n) is 11.1. The van der Waals surface area contributed by atoms with Gasteiger partial charge in [-0.15, -0.1) is 0 Å². The first-order valence-electron chi connectivity index (χ1n) is 6.05. The van der Waals surface area contributed by atoms with Gasteiger partial charge < -0.3 is 10.7 Å². The predicted octanol–water partition coefficient (Wildman–Crippen LogP) is 2.05. The fraction of sp³-hybridized carbons (Fsp3) is 0.231. The molecule has 3 N–H and O–H groups in total. The average Bonchev–Trinajstić information content (AvgIpc) is 2.37. The molecule has 0 aliphatic heterocycles. The molecule has 1 aromatic heterocycles. The lowest BCUT2D eigenvalue weighted by atomic mass is 10.1. The van der Waals surface area contributed by atoms with E-state index in [0.29, 0.717) is 5.56 Å². The molecule has 0 fully saturated rings. The third-order valence-corrected chi connectivity index (χ3v) is 2.92. The molecule has 0 aliphatic rings. The normalized spacial score (nSPS) is 10.8. The SMILES string of the molecule is CC(C)c1c(N)nc(-c2ccccc2[N+](=O)[O-])[nH]c1=O. The number of nitrogens with two attached hydrogens (primary N) is 1. The highest BCUT2D eigenvalue weighted by molar-refractivity contribution is 5.68. The number of nitrogens with zero attached hydrogens (tertiary/aromatic N) is 2. The van der Waals surface area contributed by atoms with Crippen molar-refractivity contribution in [2.75, 3.05) is 5.73 Å². The summed E-state index contributed by atoms with van der Waals surface area (Å²) in [5.41, 5.74) is 5.89. The Balaban J connectivity index is 2.67. The second-order valence-electron chi connectivity index (χ2n) is 4.64. The number of nitrogen functional groups attached to an aromatic ring is 1. The number of aromatic nitrogens is 2. The minimum Gasteiger partial charge on any atom is -0.383 e. The molecule has 7 heteroatoms. The number of nitro groups is 1. The molecule has 7 nitrogen and oxygen atoms in total. The van der Waals surface area contributed by atoms with E-state index in [1.165, 1.54) is 12.1 Å². The van der Waals surface area contributed by atoms with Crippen LogP contribution in [0.25, 0.3) is 11.4 Å². The van der Waals surface area contributed by atoms with Gasteiger partial charge in [0, 0.05) is 6.07 Å². The van der Waals surface area contributed by atoms with Crippen LogP contribution in [0.15, 0.2) is 29.1 Å². The van der Waals surface area contributed by atoms with Gasteiger partial charge in [-0.25, -0.2) is 4.98 Å². The lowest BCUT2D eigenvalue weighted by Gasteiger charge is -2.09. The Morgan fingerprint density at radius 3 is 2.55 bits per heavy atom. The van der Waals surface area contributed by atoms with Crippen molar-refractivity contribution in [1.29, 1.82) is 0 Å². The Morgan fingerprint density at radius 1 is 1.35 bits per heavy atom. The third kappa shape index (κ3) is 2.37. The lowest BCUT2D eigenvalue weighted by Crippen LogP contribution is -2.19. The Morgan fingerprint density at radius 2 is 2.00 bits per heavy atom. The van der Waals surface area contributed by atoms with E-state index in [2.05, 4.69) is 9.97 Å². The molecule has 0 amide bonds. The molecule has 1 aromatic carbocycles. The van der Waals surface area contributed by atoms with Crippen LogP contribution >= 0.6 is 0 Å². The van der Waals surface area contributed by atoms with E-state index in [1.807, 2.05) is 13.8 Å². The van der Waals surface area contributed by atoms with Crippen molar-refractivity contribution in [2.45, 2.75) is 19.8 Å². The first-order valence-corrected chi connectivity index (χ1v) is 6.05. The van der Waals surface area contributed by atoms with Gasteiger partial charge in [0.05, 0.1) is 16.1 Å². The standard InChI is InChI=1S/C13H14N4O3/c1-7(2)10-11(14)15-12(16-13(10)18)8-5-3-4-6-9(8)17(19)20/h3-7H,1-2H3,(H3,14,15,16,18). The Hall–Kier alpha value is -2.70. The zero-order chi connectivity index (χ0) is 14.9. The molecule has 1 heterocycles. The van der Waals surface area contributed by atoms with Gasteiger partial charge in [-0.3, -0.25) is 14.9 Å². The highest BCUT2D eigenvalue weighted by Gasteiger charge is 2.19. The number of aromatic amines is 1. The predicted molar refractivity (Wildman–Crippen MR) is 75.4 cm³/mol. The molecule has 0 spiro atoms. The Bertz CT molecular complexity index is 722. The van der Waals surface area contributed by atoms with Crippen molar-refractivity contribution in [3.05, 3.63) is 50.3 Å². The molecule has 0 unspecified atom stereocenters. The minimum atomic E-state index is -0.526. The van der Waals surface area contributed by atoms with Gasteiger partial charge in [0.1, 0.15) is 11.6 Å². The van der Waals surface area contributed by atoms with Gasteiger partial charge in [-0.05, 0) is 12.0 Å². The number of nitro benzene ring substituents is 1. The summed E-state index contributed by atoms with van der Waals surface area (Å²) in [7, 11) is 0. The number of hydrogen-bond donors (Lipinski definition) is 2. The molecule has 0 atom stereocenters. The van der Waals surface area contributed by atoms with Crippen molar-refractivity contribution in [3.63, 3.8) is 0 Å². The van der Waals surface area contributed by atoms with E-state index in [0.717, 1.165) is 0 Å². The van der Waals surface area contributed by atoms with Gasteiger partial charge in [0.2, 0.25) is 0 Å². The molecule has 0 aliphatic carbocycles. The summed E-state index contributed by atoms with van der Waals surface area (Å²) in [4.78, 5) is 29.1. The fourth-order valence-electron chi connectivity index (χ4n) is 2.02. The Labute approximate surface area is 114 Å². The van der Waals surface area contributed by atoms with Gasteiger partial charge >= 0.3 is 0 Å². The van der Waals surface area contributed by atoms with Crippen LogP contribution in [0.1, 0.15) is 25.3 Å². The molecule has 0 saturated carbocycles. The monoisotopic (exact) mass is 274 g/mol. The number of para-hydroxylation sites is 1. The summed E-state index contributed by atoms with van der Waals surface area (Å²) >= 11 is 0. The van der Waals surface area contributed by atoms with Crippen molar-refractivity contribution in [2.24, 2.45) is 0 Å². The van der Waals surface area contributed by atoms with Crippen molar-refractivity contribution < 1.29 is 4.92 Å². The summed E-state index contributed by atoms with van der Waals surface area (Å²) in [6.07, 6.45) is 0. The van der Waals surface area contributed by atoms with E-state index in [4.69, 9.17) is 5.73 Å². The van der Waals surface area contributed by atoms with E-state index in [-0.39, 0.29) is 34.4 Å². The maximum Gasteiger partial charge on any atom is 0.280 e. The number of benzene rings is 1. The van der Waals surface area contributed by atoms with Crippen LogP contribution < -0.4 is 11.3 Å². The summed E-state index contributed by atoms with van der Waals surface area (Å²) in [6, 6.07) is 6.05. The largest absolute Gasteiger partial charge is 0.383 e. The van der Waals surface area contributed by atoms with Crippen molar-refractivity contribution in [1.82, 2.24) is 9.97 Å². The topological polar surface area (TPSA) is 115 Å². The highest BCUT2D eigenvalue weighted by atomic mass is 16.6. The second kappa shape index (κ2) is 5.12. The Kier molecular flexibility index (Phi) is 3.51. The molecular formula is C13H14N4O3. The molecule has 0 saturated heterocycles. The summed E-state index contributed by atoms with van der Waals surface area (Å²) in [5.74, 6) is 0.118. The average molecular weight is 274 g/mol. The maximum absolute atomic E-state index is 12.0. The molecule has 0 radical (unpaired) electrons. The molecular weight excluding hydrogens is 260 g/mol. The minimum absolute atomic E-state index is 0.0777. The highest BCUT2D eigenvalue weighted by Crippen LogP contribution is 2.27. The smallest absolute Gasteiger partial charge is 0.280 e. The van der Waals surface area contributed by atoms with Crippen LogP contribution in [-0.2, 0) is 0 Å². The van der Waals surface area contributed by atoms with Crippen molar-refractivity contribution in [3.8, 4) is 11.4 Å². The summed E-state index contributed by atoms with van der Waals surface area (Å²) in [5, 5.41) is 11.0. The van der Waals surface area contributed by atoms with Crippen molar-refractivity contribution >= 4 is 11.5 Å². The summed E-state index contributed by atoms with van der Waals surface area (Å²) < 4.78 is 0. The van der Waals surface area contributed by atoms with Crippen LogP contribution in [0.2, 0.25) is 0 Å². The molecule has 2 aromatic rings. The van der Waals surface area contributed by atoms with E-state index in [9.17, 15) is 14.9 Å². The van der Waals surface area contributed by atoms with Crippen LogP contribution in [0, 0.1) is 10.1 Å². The number of hydrogen-bond acceptors (Lipinski definition) is 5. The van der Waals surface area contributed by atoms with Gasteiger partial charge in [-0.2, -0.15) is 0 Å².